The Morgan fingerprint density at radius 2 is 2.32 bits per heavy atom. The summed E-state index contributed by atoms with van der Waals surface area (Å²) in [4.78, 5) is 26.5. The highest BCUT2D eigenvalue weighted by atomic mass is 16.2. The molecule has 1 atom stereocenters. The Kier molecular flexibility index (Phi) is 4.24. The van der Waals surface area contributed by atoms with Gasteiger partial charge in [0.2, 0.25) is 5.91 Å². The Bertz CT molecular complexity index is 720. The molecule has 0 saturated carbocycles. The summed E-state index contributed by atoms with van der Waals surface area (Å²) in [6.45, 7) is 4.83. The van der Waals surface area contributed by atoms with Crippen LogP contribution in [0.2, 0.25) is 0 Å². The standard InChI is InChI=1S/C15H21N5O2/c1-2-18-8-5-6-12(18)10-16-14(21)11-20-15(22)19-9-4-3-7-13(19)17-20/h3-4,7,9,12H,2,5-6,8,10-11H2,1H3,(H,16,21). The van der Waals surface area contributed by atoms with Crippen LogP contribution in [-0.4, -0.2) is 50.7 Å². The van der Waals surface area contributed by atoms with Crippen molar-refractivity contribution in [2.75, 3.05) is 19.6 Å². The van der Waals surface area contributed by atoms with E-state index in [1.807, 2.05) is 6.07 Å². The van der Waals surface area contributed by atoms with E-state index >= 15 is 0 Å². The maximum Gasteiger partial charge on any atom is 0.350 e. The molecule has 3 heterocycles. The highest BCUT2D eigenvalue weighted by molar-refractivity contribution is 5.75. The van der Waals surface area contributed by atoms with E-state index in [2.05, 4.69) is 22.2 Å². The van der Waals surface area contributed by atoms with Gasteiger partial charge in [0.1, 0.15) is 6.54 Å². The van der Waals surface area contributed by atoms with Crippen LogP contribution in [0.15, 0.2) is 29.2 Å². The molecule has 22 heavy (non-hydrogen) atoms. The first kappa shape index (κ1) is 14.8. The number of fused-ring (bicyclic) bond motifs is 1. The Labute approximate surface area is 128 Å². The minimum Gasteiger partial charge on any atom is -0.353 e. The fourth-order valence-corrected chi connectivity index (χ4v) is 3.04. The summed E-state index contributed by atoms with van der Waals surface area (Å²) in [5.41, 5.74) is 0.259. The normalized spacial score (nSPS) is 18.9. The third-order valence-corrected chi connectivity index (χ3v) is 4.22. The van der Waals surface area contributed by atoms with Crippen LogP contribution >= 0.6 is 0 Å². The number of amides is 1. The van der Waals surface area contributed by atoms with Crippen LogP contribution in [0.4, 0.5) is 0 Å². The lowest BCUT2D eigenvalue weighted by Crippen LogP contribution is -2.41. The molecular weight excluding hydrogens is 282 g/mol. The van der Waals surface area contributed by atoms with Gasteiger partial charge in [-0.2, -0.15) is 0 Å². The highest BCUT2D eigenvalue weighted by Crippen LogP contribution is 2.15. The van der Waals surface area contributed by atoms with Gasteiger partial charge in [-0.3, -0.25) is 14.1 Å². The molecule has 0 aliphatic carbocycles. The molecule has 1 unspecified atom stereocenters. The Hall–Kier alpha value is -2.15. The molecule has 2 aromatic heterocycles. The van der Waals surface area contributed by atoms with Crippen molar-refractivity contribution in [1.82, 2.24) is 24.4 Å². The van der Waals surface area contributed by atoms with Crippen molar-refractivity contribution in [3.63, 3.8) is 0 Å². The molecule has 0 bridgehead atoms. The van der Waals surface area contributed by atoms with Gasteiger partial charge < -0.3 is 5.32 Å². The number of rotatable bonds is 5. The topological polar surface area (TPSA) is 71.6 Å². The smallest absolute Gasteiger partial charge is 0.350 e. The lowest BCUT2D eigenvalue weighted by Gasteiger charge is -2.22. The van der Waals surface area contributed by atoms with Gasteiger partial charge in [-0.15, -0.1) is 5.10 Å². The van der Waals surface area contributed by atoms with Crippen molar-refractivity contribution >= 4 is 11.6 Å². The minimum absolute atomic E-state index is 0.0423. The van der Waals surface area contributed by atoms with Crippen LogP contribution in [-0.2, 0) is 11.3 Å². The third-order valence-electron chi connectivity index (χ3n) is 4.22. The number of likely N-dealkylation sites (tertiary alicyclic amines) is 1. The van der Waals surface area contributed by atoms with Crippen molar-refractivity contribution in [2.24, 2.45) is 0 Å². The number of nitrogens with zero attached hydrogens (tertiary/aromatic N) is 4. The molecule has 1 amide bonds. The molecule has 1 fully saturated rings. The van der Waals surface area contributed by atoms with Gasteiger partial charge in [-0.1, -0.05) is 13.0 Å². The molecule has 0 spiro atoms. The van der Waals surface area contributed by atoms with E-state index in [4.69, 9.17) is 0 Å². The number of carbonyl (C=O) groups excluding carboxylic acids is 1. The first-order valence-corrected chi connectivity index (χ1v) is 7.74. The molecule has 2 aromatic rings. The number of hydrogen-bond donors (Lipinski definition) is 1. The van der Waals surface area contributed by atoms with Crippen molar-refractivity contribution in [1.29, 1.82) is 0 Å². The SMILES string of the molecule is CCN1CCCC1CNC(=O)Cn1nc2ccccn2c1=O. The van der Waals surface area contributed by atoms with Gasteiger partial charge in [0.25, 0.3) is 0 Å². The van der Waals surface area contributed by atoms with Crippen molar-refractivity contribution in [2.45, 2.75) is 32.4 Å². The lowest BCUT2D eigenvalue weighted by molar-refractivity contribution is -0.122. The lowest BCUT2D eigenvalue weighted by atomic mass is 10.2. The molecule has 7 heteroatoms. The third kappa shape index (κ3) is 2.89. The van der Waals surface area contributed by atoms with Crippen LogP contribution in [0, 0.1) is 0 Å². The number of hydrogen-bond acceptors (Lipinski definition) is 4. The number of likely N-dealkylation sites (N-methyl/N-ethyl adjacent to an activating group) is 1. The molecule has 118 valence electrons. The summed E-state index contributed by atoms with van der Waals surface area (Å²) in [6.07, 6.45) is 3.94. The zero-order valence-electron chi connectivity index (χ0n) is 12.7. The molecule has 1 aliphatic rings. The fraction of sp³-hybridized carbons (Fsp3) is 0.533. The Balaban J connectivity index is 1.61. The van der Waals surface area contributed by atoms with E-state index in [0.29, 0.717) is 18.2 Å². The van der Waals surface area contributed by atoms with Crippen LogP contribution in [0.1, 0.15) is 19.8 Å². The van der Waals surface area contributed by atoms with E-state index in [9.17, 15) is 9.59 Å². The molecular formula is C15H21N5O2. The van der Waals surface area contributed by atoms with Crippen LogP contribution in [0.3, 0.4) is 0 Å². The molecule has 1 saturated heterocycles. The van der Waals surface area contributed by atoms with E-state index in [-0.39, 0.29) is 18.1 Å². The van der Waals surface area contributed by atoms with Crippen molar-refractivity contribution < 1.29 is 4.79 Å². The number of pyridine rings is 1. The first-order chi connectivity index (χ1) is 10.7. The number of carbonyl (C=O) groups is 1. The number of aromatic nitrogens is 3. The predicted molar refractivity (Wildman–Crippen MR) is 82.7 cm³/mol. The summed E-state index contributed by atoms with van der Waals surface area (Å²) >= 11 is 0. The Morgan fingerprint density at radius 3 is 3.09 bits per heavy atom. The zero-order valence-corrected chi connectivity index (χ0v) is 12.7. The summed E-state index contributed by atoms with van der Waals surface area (Å²) in [7, 11) is 0. The predicted octanol–water partition coefficient (Wildman–Crippen LogP) is 0.0965. The molecule has 1 N–H and O–H groups in total. The van der Waals surface area contributed by atoms with E-state index in [0.717, 1.165) is 19.5 Å². The van der Waals surface area contributed by atoms with Gasteiger partial charge in [-0.05, 0) is 38.1 Å². The van der Waals surface area contributed by atoms with Crippen LogP contribution in [0.25, 0.3) is 5.65 Å². The summed E-state index contributed by atoms with van der Waals surface area (Å²) in [6, 6.07) is 5.73. The molecule has 1 aliphatic heterocycles. The maximum atomic E-state index is 12.1. The Morgan fingerprint density at radius 1 is 1.45 bits per heavy atom. The first-order valence-electron chi connectivity index (χ1n) is 7.74. The van der Waals surface area contributed by atoms with Gasteiger partial charge in [0.15, 0.2) is 5.65 Å². The maximum absolute atomic E-state index is 12.1. The van der Waals surface area contributed by atoms with Gasteiger partial charge in [0.05, 0.1) is 0 Å². The molecule has 0 radical (unpaired) electrons. The monoisotopic (exact) mass is 303 g/mol. The largest absolute Gasteiger partial charge is 0.353 e. The second-order valence-electron chi connectivity index (χ2n) is 5.60. The number of nitrogens with one attached hydrogen (secondary N) is 1. The van der Waals surface area contributed by atoms with Gasteiger partial charge in [-0.25, -0.2) is 9.48 Å². The second kappa shape index (κ2) is 6.31. The van der Waals surface area contributed by atoms with Crippen LogP contribution < -0.4 is 11.0 Å². The van der Waals surface area contributed by atoms with Crippen molar-refractivity contribution in [3.8, 4) is 0 Å². The van der Waals surface area contributed by atoms with E-state index in [1.165, 1.54) is 15.5 Å². The second-order valence-corrected chi connectivity index (χ2v) is 5.60. The minimum atomic E-state index is -0.290. The molecule has 7 nitrogen and oxygen atoms in total. The quantitative estimate of drug-likeness (QED) is 0.850. The summed E-state index contributed by atoms with van der Waals surface area (Å²) in [5.74, 6) is -0.173. The van der Waals surface area contributed by atoms with Gasteiger partial charge in [0, 0.05) is 18.8 Å². The summed E-state index contributed by atoms with van der Waals surface area (Å²) < 4.78 is 2.64. The molecule has 3 rings (SSSR count). The molecule has 0 aromatic carbocycles. The highest BCUT2D eigenvalue weighted by Gasteiger charge is 2.23. The van der Waals surface area contributed by atoms with E-state index in [1.54, 1.807) is 18.3 Å². The average molecular weight is 303 g/mol. The van der Waals surface area contributed by atoms with Crippen LogP contribution in [0.5, 0.6) is 0 Å². The average Bonchev–Trinajstić information content (AvgIpc) is 3.11. The van der Waals surface area contributed by atoms with Gasteiger partial charge >= 0.3 is 5.69 Å². The van der Waals surface area contributed by atoms with E-state index < -0.39 is 0 Å². The zero-order chi connectivity index (χ0) is 15.5. The van der Waals surface area contributed by atoms with Crippen molar-refractivity contribution in [3.05, 3.63) is 34.9 Å². The fourth-order valence-electron chi connectivity index (χ4n) is 3.04. The summed E-state index contributed by atoms with van der Waals surface area (Å²) in [5, 5.41) is 7.08.